The van der Waals surface area contributed by atoms with Crippen molar-refractivity contribution in [2.75, 3.05) is 25.0 Å². The highest BCUT2D eigenvalue weighted by atomic mass is 35.5. The molecule has 0 unspecified atom stereocenters. The molecule has 0 saturated heterocycles. The molecule has 0 atom stereocenters. The molecule has 0 saturated carbocycles. The normalized spacial score (nSPS) is 9.94. The first kappa shape index (κ1) is 17.2. The molecule has 1 rings (SSSR count). The van der Waals surface area contributed by atoms with Crippen molar-refractivity contribution in [3.05, 3.63) is 29.8 Å². The molecule has 1 aromatic carbocycles. The van der Waals surface area contributed by atoms with Crippen LogP contribution in [0.25, 0.3) is 0 Å². The Bertz CT molecular complexity index is 370. The van der Waals surface area contributed by atoms with Crippen molar-refractivity contribution >= 4 is 36.0 Å². The van der Waals surface area contributed by atoms with Gasteiger partial charge < -0.3 is 27.6 Å². The number of rotatable bonds is 6. The molecule has 0 heterocycles. The smallest absolute Gasteiger partial charge is 0.102 e. The van der Waals surface area contributed by atoms with Gasteiger partial charge in [-0.25, -0.2) is 0 Å². The number of hydrogen-bond acceptors (Lipinski definition) is 3. The van der Waals surface area contributed by atoms with E-state index in [2.05, 4.69) is 36.7 Å². The van der Waals surface area contributed by atoms with Crippen LogP contribution in [-0.2, 0) is 19.0 Å². The first-order chi connectivity index (χ1) is 8.17. The van der Waals surface area contributed by atoms with E-state index >= 15 is 0 Å². The molecule has 0 spiro atoms. The van der Waals surface area contributed by atoms with E-state index in [9.17, 15) is 4.79 Å². The summed E-state index contributed by atoms with van der Waals surface area (Å²) in [7, 11) is 0. The molecule has 0 radical (unpaired) electrons. The SMILES string of the molecule is CCN(CC)CCc1ccccc1NC(=O)[S-].Cl. The van der Waals surface area contributed by atoms with Crippen molar-refractivity contribution in [3.8, 4) is 0 Å². The van der Waals surface area contributed by atoms with Gasteiger partial charge in [-0.2, -0.15) is 0 Å². The topological polar surface area (TPSA) is 32.3 Å². The van der Waals surface area contributed by atoms with Crippen LogP contribution < -0.4 is 5.32 Å². The minimum Gasteiger partial charge on any atom is -0.719 e. The Morgan fingerprint density at radius 1 is 1.28 bits per heavy atom. The molecule has 0 aliphatic rings. The second kappa shape index (κ2) is 9.14. The number of hydrogen-bond donors (Lipinski definition) is 1. The Kier molecular flexibility index (Phi) is 8.71. The predicted molar refractivity (Wildman–Crippen MR) is 81.6 cm³/mol. The van der Waals surface area contributed by atoms with Gasteiger partial charge in [-0.1, -0.05) is 32.0 Å². The van der Waals surface area contributed by atoms with Gasteiger partial charge in [0.1, 0.15) is 5.24 Å². The zero-order chi connectivity index (χ0) is 12.7. The van der Waals surface area contributed by atoms with E-state index in [1.807, 2.05) is 24.3 Å². The number of carbonyl (C=O) groups is 1. The van der Waals surface area contributed by atoms with Gasteiger partial charge in [-0.3, -0.25) is 0 Å². The molecule has 0 aromatic heterocycles. The predicted octanol–water partition coefficient (Wildman–Crippen LogP) is 3.07. The van der Waals surface area contributed by atoms with Crippen LogP contribution >= 0.6 is 12.4 Å². The quantitative estimate of drug-likeness (QED) is 0.816. The number of amides is 1. The molecule has 5 heteroatoms. The van der Waals surface area contributed by atoms with Gasteiger partial charge >= 0.3 is 0 Å². The van der Waals surface area contributed by atoms with Crippen molar-refractivity contribution in [3.63, 3.8) is 0 Å². The lowest BCUT2D eigenvalue weighted by Crippen LogP contribution is -2.25. The van der Waals surface area contributed by atoms with Crippen LogP contribution in [0.15, 0.2) is 24.3 Å². The first-order valence-corrected chi connectivity index (χ1v) is 6.36. The summed E-state index contributed by atoms with van der Waals surface area (Å²) in [6, 6.07) is 7.81. The van der Waals surface area contributed by atoms with Crippen LogP contribution in [0.1, 0.15) is 19.4 Å². The lowest BCUT2D eigenvalue weighted by molar-refractivity contribution is 0.270. The van der Waals surface area contributed by atoms with Crippen LogP contribution in [0, 0.1) is 0 Å². The molecule has 1 aromatic rings. The fourth-order valence-corrected chi connectivity index (χ4v) is 1.90. The number of para-hydroxylation sites is 1. The number of nitrogens with zero attached hydrogens (tertiary/aromatic N) is 1. The fraction of sp³-hybridized carbons (Fsp3) is 0.462. The molecule has 3 nitrogen and oxygen atoms in total. The highest BCUT2D eigenvalue weighted by Gasteiger charge is 2.04. The summed E-state index contributed by atoms with van der Waals surface area (Å²) in [6.45, 7) is 7.40. The Morgan fingerprint density at radius 3 is 2.44 bits per heavy atom. The maximum absolute atomic E-state index is 10.9. The number of halogens is 1. The van der Waals surface area contributed by atoms with E-state index in [0.29, 0.717) is 0 Å². The van der Waals surface area contributed by atoms with Gasteiger partial charge in [-0.05, 0) is 31.1 Å². The summed E-state index contributed by atoms with van der Waals surface area (Å²) >= 11 is 4.54. The van der Waals surface area contributed by atoms with Gasteiger partial charge in [0.05, 0.1) is 0 Å². The van der Waals surface area contributed by atoms with Crippen LogP contribution in [0.2, 0.25) is 0 Å². The Balaban J connectivity index is 0.00000289. The molecule has 0 aliphatic heterocycles. The molecule has 0 bridgehead atoms. The summed E-state index contributed by atoms with van der Waals surface area (Å²) in [5.74, 6) is 0. The third-order valence-electron chi connectivity index (χ3n) is 2.85. The van der Waals surface area contributed by atoms with Crippen LogP contribution in [0.4, 0.5) is 10.5 Å². The molecular weight excluding hydrogens is 268 g/mol. The highest BCUT2D eigenvalue weighted by Crippen LogP contribution is 2.16. The Morgan fingerprint density at radius 2 is 1.89 bits per heavy atom. The standard InChI is InChI=1S/C13H20N2OS.ClH/c1-3-15(4-2)10-9-11-7-5-6-8-12(11)14-13(16)17;/h5-8H,3-4,9-10H2,1-2H3,(H2,14,16,17);1H/p-1. The second-order valence-corrected chi connectivity index (χ2v) is 4.22. The third-order valence-corrected chi connectivity index (χ3v) is 2.95. The van der Waals surface area contributed by atoms with E-state index in [4.69, 9.17) is 0 Å². The molecule has 0 aliphatic carbocycles. The number of anilines is 1. The van der Waals surface area contributed by atoms with Gasteiger partial charge in [0.2, 0.25) is 0 Å². The van der Waals surface area contributed by atoms with Crippen molar-refractivity contribution in [2.24, 2.45) is 0 Å². The number of likely N-dealkylation sites (N-methyl/N-ethyl adjacent to an activating group) is 1. The highest BCUT2D eigenvalue weighted by molar-refractivity contribution is 7.77. The minimum atomic E-state index is -0.430. The average Bonchev–Trinajstić information content (AvgIpc) is 2.31. The number of benzene rings is 1. The number of nitrogens with one attached hydrogen (secondary N) is 1. The summed E-state index contributed by atoms with van der Waals surface area (Å²) in [5, 5.41) is 2.26. The van der Waals surface area contributed by atoms with E-state index in [-0.39, 0.29) is 12.4 Å². The van der Waals surface area contributed by atoms with Crippen LogP contribution in [-0.4, -0.2) is 29.8 Å². The van der Waals surface area contributed by atoms with Crippen molar-refractivity contribution in [1.29, 1.82) is 0 Å². The monoisotopic (exact) mass is 287 g/mol. The summed E-state index contributed by atoms with van der Waals surface area (Å²) in [6.07, 6.45) is 0.924. The molecule has 18 heavy (non-hydrogen) atoms. The third kappa shape index (κ3) is 5.67. The first-order valence-electron chi connectivity index (χ1n) is 5.95. The zero-order valence-electron chi connectivity index (χ0n) is 10.8. The Hall–Kier alpha value is -0.840. The van der Waals surface area contributed by atoms with Crippen LogP contribution in [0.5, 0.6) is 0 Å². The zero-order valence-corrected chi connectivity index (χ0v) is 12.4. The lowest BCUT2D eigenvalue weighted by atomic mass is 10.1. The maximum atomic E-state index is 10.9. The van der Waals surface area contributed by atoms with E-state index in [0.717, 1.165) is 37.3 Å². The van der Waals surface area contributed by atoms with Gasteiger partial charge in [0, 0.05) is 12.2 Å². The fourth-order valence-electron chi connectivity index (χ4n) is 1.79. The lowest BCUT2D eigenvalue weighted by Gasteiger charge is -2.19. The van der Waals surface area contributed by atoms with Crippen LogP contribution in [0.3, 0.4) is 0 Å². The maximum Gasteiger partial charge on any atom is 0.102 e. The summed E-state index contributed by atoms with van der Waals surface area (Å²) in [4.78, 5) is 13.3. The van der Waals surface area contributed by atoms with Crippen molar-refractivity contribution in [1.82, 2.24) is 4.90 Å². The minimum absolute atomic E-state index is 0. The second-order valence-electron chi connectivity index (χ2n) is 3.85. The summed E-state index contributed by atoms with van der Waals surface area (Å²) < 4.78 is 0. The van der Waals surface area contributed by atoms with E-state index in [1.165, 1.54) is 0 Å². The van der Waals surface area contributed by atoms with Crippen molar-refractivity contribution in [2.45, 2.75) is 20.3 Å². The molecule has 1 amide bonds. The molecule has 1 N–H and O–H groups in total. The molecule has 102 valence electrons. The summed E-state index contributed by atoms with van der Waals surface area (Å²) in [5.41, 5.74) is 1.97. The van der Waals surface area contributed by atoms with Crippen molar-refractivity contribution < 1.29 is 4.79 Å². The molecular formula is C13H20ClN2OS-. The van der Waals surface area contributed by atoms with Gasteiger partial charge in [-0.15, -0.1) is 12.4 Å². The molecule has 0 fully saturated rings. The van der Waals surface area contributed by atoms with Gasteiger partial charge in [0.25, 0.3) is 0 Å². The Labute approximate surface area is 121 Å². The van der Waals surface area contributed by atoms with E-state index < -0.39 is 5.24 Å². The largest absolute Gasteiger partial charge is 0.719 e. The van der Waals surface area contributed by atoms with E-state index in [1.54, 1.807) is 0 Å². The average molecular weight is 288 g/mol. The number of carbonyl (C=O) groups excluding carboxylic acids is 1. The van der Waals surface area contributed by atoms with Gasteiger partial charge in [0.15, 0.2) is 0 Å².